The minimum atomic E-state index is 0.0569. The van der Waals surface area contributed by atoms with Gasteiger partial charge in [-0.3, -0.25) is 14.5 Å². The molecule has 6 heteroatoms. The smallest absolute Gasteiger partial charge is 0.253 e. The van der Waals surface area contributed by atoms with Gasteiger partial charge in [0.2, 0.25) is 5.91 Å². The zero-order chi connectivity index (χ0) is 17.8. The molecular formula is C19H27N3O3. The van der Waals surface area contributed by atoms with E-state index in [0.717, 1.165) is 69.0 Å². The van der Waals surface area contributed by atoms with Crippen molar-refractivity contribution in [2.75, 3.05) is 57.9 Å². The summed E-state index contributed by atoms with van der Waals surface area (Å²) in [6.45, 7) is 7.37. The van der Waals surface area contributed by atoms with Gasteiger partial charge in [-0.25, -0.2) is 0 Å². The van der Waals surface area contributed by atoms with Crippen molar-refractivity contribution >= 4 is 17.5 Å². The van der Waals surface area contributed by atoms with Gasteiger partial charge in [0, 0.05) is 58.0 Å². The van der Waals surface area contributed by atoms with Gasteiger partial charge in [-0.2, -0.15) is 0 Å². The van der Waals surface area contributed by atoms with Crippen molar-refractivity contribution in [3.63, 3.8) is 0 Å². The second kappa shape index (κ2) is 7.97. The Morgan fingerprint density at radius 3 is 2.72 bits per heavy atom. The predicted octanol–water partition coefficient (Wildman–Crippen LogP) is 1.39. The van der Waals surface area contributed by atoms with Gasteiger partial charge >= 0.3 is 0 Å². The number of hydrogen-bond donors (Lipinski definition) is 0. The third kappa shape index (κ3) is 4.02. The lowest BCUT2D eigenvalue weighted by Crippen LogP contribution is -2.36. The fourth-order valence-corrected chi connectivity index (χ4v) is 3.66. The van der Waals surface area contributed by atoms with Crippen molar-refractivity contribution in [3.05, 3.63) is 29.3 Å². The van der Waals surface area contributed by atoms with Crippen LogP contribution in [0.25, 0.3) is 0 Å². The first-order chi connectivity index (χ1) is 12.1. The normalized spacial score (nSPS) is 18.2. The lowest BCUT2D eigenvalue weighted by Gasteiger charge is -2.22. The van der Waals surface area contributed by atoms with Gasteiger partial charge in [0.15, 0.2) is 0 Å². The molecule has 1 aromatic rings. The number of benzene rings is 1. The SMILES string of the molecule is COCCN1CCCN(C(=O)c2ccc3c(c2)CCN3C(C)=O)CC1. The van der Waals surface area contributed by atoms with Crippen molar-refractivity contribution in [2.24, 2.45) is 0 Å². The van der Waals surface area contributed by atoms with Crippen LogP contribution >= 0.6 is 0 Å². The van der Waals surface area contributed by atoms with E-state index in [1.54, 1.807) is 18.9 Å². The first-order valence-electron chi connectivity index (χ1n) is 9.01. The Morgan fingerprint density at radius 1 is 1.12 bits per heavy atom. The van der Waals surface area contributed by atoms with E-state index in [4.69, 9.17) is 4.74 Å². The molecule has 1 saturated heterocycles. The number of fused-ring (bicyclic) bond motifs is 1. The molecule has 0 saturated carbocycles. The predicted molar refractivity (Wildman–Crippen MR) is 97.0 cm³/mol. The highest BCUT2D eigenvalue weighted by atomic mass is 16.5. The molecule has 0 aromatic heterocycles. The van der Waals surface area contributed by atoms with Crippen LogP contribution in [0.1, 0.15) is 29.3 Å². The zero-order valence-corrected chi connectivity index (χ0v) is 15.2. The Bertz CT molecular complexity index is 647. The molecule has 1 fully saturated rings. The number of rotatable bonds is 4. The fourth-order valence-electron chi connectivity index (χ4n) is 3.66. The van der Waals surface area contributed by atoms with Gasteiger partial charge in [-0.15, -0.1) is 0 Å². The molecule has 0 bridgehead atoms. The summed E-state index contributed by atoms with van der Waals surface area (Å²) in [7, 11) is 1.72. The summed E-state index contributed by atoms with van der Waals surface area (Å²) in [5.74, 6) is 0.152. The van der Waals surface area contributed by atoms with Gasteiger partial charge in [-0.05, 0) is 43.1 Å². The summed E-state index contributed by atoms with van der Waals surface area (Å²) in [5.41, 5.74) is 2.78. The highest BCUT2D eigenvalue weighted by Gasteiger charge is 2.25. The van der Waals surface area contributed by atoms with Crippen LogP contribution in [0.5, 0.6) is 0 Å². The van der Waals surface area contributed by atoms with E-state index in [0.29, 0.717) is 6.54 Å². The quantitative estimate of drug-likeness (QED) is 0.828. The third-order valence-electron chi connectivity index (χ3n) is 5.09. The number of nitrogens with zero attached hydrogens (tertiary/aromatic N) is 3. The van der Waals surface area contributed by atoms with Crippen LogP contribution in [-0.2, 0) is 16.0 Å². The van der Waals surface area contributed by atoms with Crippen molar-refractivity contribution < 1.29 is 14.3 Å². The first kappa shape index (κ1) is 17.9. The van der Waals surface area contributed by atoms with Crippen LogP contribution in [-0.4, -0.2) is 74.6 Å². The van der Waals surface area contributed by atoms with Crippen LogP contribution < -0.4 is 4.90 Å². The molecule has 0 atom stereocenters. The Kier molecular flexibility index (Phi) is 5.71. The molecule has 0 aliphatic carbocycles. The Morgan fingerprint density at radius 2 is 1.96 bits per heavy atom. The van der Waals surface area contributed by atoms with Crippen molar-refractivity contribution in [1.29, 1.82) is 0 Å². The summed E-state index contributed by atoms with van der Waals surface area (Å²) in [4.78, 5) is 30.6. The molecule has 2 aliphatic rings. The number of carbonyl (C=O) groups excluding carboxylic acids is 2. The molecule has 0 spiro atoms. The van der Waals surface area contributed by atoms with Crippen LogP contribution in [0.4, 0.5) is 5.69 Å². The average molecular weight is 345 g/mol. The summed E-state index contributed by atoms with van der Waals surface area (Å²) < 4.78 is 5.15. The van der Waals surface area contributed by atoms with Crippen molar-refractivity contribution in [2.45, 2.75) is 19.8 Å². The molecule has 136 valence electrons. The molecule has 3 rings (SSSR count). The van der Waals surface area contributed by atoms with Gasteiger partial charge in [0.1, 0.15) is 0 Å². The second-order valence-corrected chi connectivity index (χ2v) is 6.74. The number of hydrogen-bond acceptors (Lipinski definition) is 4. The lowest BCUT2D eigenvalue weighted by molar-refractivity contribution is -0.116. The minimum Gasteiger partial charge on any atom is -0.383 e. The van der Waals surface area contributed by atoms with E-state index in [1.807, 2.05) is 23.1 Å². The van der Waals surface area contributed by atoms with Crippen LogP contribution in [0, 0.1) is 0 Å². The maximum absolute atomic E-state index is 12.9. The van der Waals surface area contributed by atoms with Crippen molar-refractivity contribution in [1.82, 2.24) is 9.80 Å². The summed E-state index contributed by atoms with van der Waals surface area (Å²) in [6, 6.07) is 5.74. The number of amides is 2. The van der Waals surface area contributed by atoms with Crippen LogP contribution in [0.2, 0.25) is 0 Å². The zero-order valence-electron chi connectivity index (χ0n) is 15.2. The molecule has 25 heavy (non-hydrogen) atoms. The van der Waals surface area contributed by atoms with E-state index in [1.165, 1.54) is 0 Å². The van der Waals surface area contributed by atoms with Crippen molar-refractivity contribution in [3.8, 4) is 0 Å². The molecule has 0 N–H and O–H groups in total. The standard InChI is InChI=1S/C19H27N3O3/c1-15(23)22-9-6-16-14-17(4-5-18(16)22)19(24)21-8-3-7-20(10-11-21)12-13-25-2/h4-5,14H,3,6-13H2,1-2H3. The fraction of sp³-hybridized carbons (Fsp3) is 0.579. The summed E-state index contributed by atoms with van der Waals surface area (Å²) >= 11 is 0. The van der Waals surface area contributed by atoms with E-state index in [9.17, 15) is 9.59 Å². The molecular weight excluding hydrogens is 318 g/mol. The monoisotopic (exact) mass is 345 g/mol. The summed E-state index contributed by atoms with van der Waals surface area (Å²) in [5, 5.41) is 0. The largest absolute Gasteiger partial charge is 0.383 e. The number of carbonyl (C=O) groups is 2. The van der Waals surface area contributed by atoms with E-state index < -0.39 is 0 Å². The number of anilines is 1. The Hall–Kier alpha value is -1.92. The molecule has 2 heterocycles. The molecule has 1 aromatic carbocycles. The first-order valence-corrected chi connectivity index (χ1v) is 9.01. The molecule has 2 aliphatic heterocycles. The second-order valence-electron chi connectivity index (χ2n) is 6.74. The highest BCUT2D eigenvalue weighted by molar-refractivity contribution is 5.97. The Balaban J connectivity index is 1.66. The van der Waals surface area contributed by atoms with E-state index in [-0.39, 0.29) is 11.8 Å². The third-order valence-corrected chi connectivity index (χ3v) is 5.09. The minimum absolute atomic E-state index is 0.0569. The van der Waals surface area contributed by atoms with Crippen LogP contribution in [0.3, 0.4) is 0 Å². The molecule has 0 radical (unpaired) electrons. The molecule has 2 amide bonds. The average Bonchev–Trinajstić information content (AvgIpc) is 2.90. The van der Waals surface area contributed by atoms with E-state index >= 15 is 0 Å². The van der Waals surface area contributed by atoms with Gasteiger partial charge in [-0.1, -0.05) is 0 Å². The summed E-state index contributed by atoms with van der Waals surface area (Å²) in [6.07, 6.45) is 1.80. The van der Waals surface area contributed by atoms with Gasteiger partial charge in [0.05, 0.1) is 6.61 Å². The van der Waals surface area contributed by atoms with Crippen LogP contribution in [0.15, 0.2) is 18.2 Å². The topological polar surface area (TPSA) is 53.1 Å². The Labute approximate surface area is 149 Å². The van der Waals surface area contributed by atoms with Gasteiger partial charge < -0.3 is 14.5 Å². The molecule has 0 unspecified atom stereocenters. The maximum Gasteiger partial charge on any atom is 0.253 e. The maximum atomic E-state index is 12.9. The lowest BCUT2D eigenvalue weighted by atomic mass is 10.1. The molecule has 6 nitrogen and oxygen atoms in total. The highest BCUT2D eigenvalue weighted by Crippen LogP contribution is 2.29. The number of methoxy groups -OCH3 is 1. The van der Waals surface area contributed by atoms with E-state index in [2.05, 4.69) is 4.90 Å². The van der Waals surface area contributed by atoms with Gasteiger partial charge in [0.25, 0.3) is 5.91 Å². The number of ether oxygens (including phenoxy) is 1.